The van der Waals surface area contributed by atoms with Gasteiger partial charge < -0.3 is 20.5 Å². The maximum atomic E-state index is 12.4. The summed E-state index contributed by atoms with van der Waals surface area (Å²) in [7, 11) is 0. The molecule has 128 valence electrons. The predicted molar refractivity (Wildman–Crippen MR) is 91.1 cm³/mol. The fourth-order valence-corrected chi connectivity index (χ4v) is 3.16. The van der Waals surface area contributed by atoms with Crippen LogP contribution < -0.4 is 11.1 Å². The van der Waals surface area contributed by atoms with E-state index in [2.05, 4.69) is 14.9 Å². The quantitative estimate of drug-likeness (QED) is 0.835. The number of fused-ring (bicyclic) bond motifs is 1. The van der Waals surface area contributed by atoms with Crippen LogP contribution in [0.4, 0.5) is 0 Å². The first kappa shape index (κ1) is 16.4. The molecule has 7 nitrogen and oxygen atoms in total. The smallest absolute Gasteiger partial charge is 0.233 e. The number of piperidine rings is 1. The molecule has 24 heavy (non-hydrogen) atoms. The van der Waals surface area contributed by atoms with E-state index in [9.17, 15) is 9.59 Å². The molecule has 0 aliphatic carbocycles. The summed E-state index contributed by atoms with van der Waals surface area (Å²) in [5.74, 6) is 0.0252. The number of carbonyl (C=O) groups excluding carboxylic acids is 2. The van der Waals surface area contributed by atoms with Crippen molar-refractivity contribution in [1.29, 1.82) is 0 Å². The largest absolute Gasteiger partial charge is 0.352 e. The zero-order valence-electron chi connectivity index (χ0n) is 13.6. The highest BCUT2D eigenvalue weighted by Gasteiger charge is 2.23. The van der Waals surface area contributed by atoms with Gasteiger partial charge in [0.2, 0.25) is 11.8 Å². The Morgan fingerprint density at radius 1 is 1.29 bits per heavy atom. The third kappa shape index (κ3) is 3.73. The van der Waals surface area contributed by atoms with Crippen LogP contribution in [0.5, 0.6) is 0 Å². The first-order valence-corrected chi connectivity index (χ1v) is 8.33. The number of aromatic nitrogens is 2. The lowest BCUT2D eigenvalue weighted by Gasteiger charge is -2.32. The van der Waals surface area contributed by atoms with Gasteiger partial charge in [0.25, 0.3) is 0 Å². The Labute approximate surface area is 140 Å². The number of amides is 2. The van der Waals surface area contributed by atoms with E-state index < -0.39 is 0 Å². The average Bonchev–Trinajstić information content (AvgIpc) is 3.03. The van der Waals surface area contributed by atoms with Gasteiger partial charge in [-0.2, -0.15) is 0 Å². The molecule has 3 rings (SSSR count). The highest BCUT2D eigenvalue weighted by molar-refractivity contribution is 5.80. The van der Waals surface area contributed by atoms with Crippen molar-refractivity contribution >= 4 is 22.7 Å². The van der Waals surface area contributed by atoms with Crippen LogP contribution in [-0.2, 0) is 16.1 Å². The van der Waals surface area contributed by atoms with E-state index in [4.69, 9.17) is 5.73 Å². The summed E-state index contributed by atoms with van der Waals surface area (Å²) in [6.07, 6.45) is 7.63. The lowest BCUT2D eigenvalue weighted by atomic mass is 10.0. The fourth-order valence-electron chi connectivity index (χ4n) is 3.16. The van der Waals surface area contributed by atoms with E-state index in [0.717, 1.165) is 23.7 Å². The van der Waals surface area contributed by atoms with Crippen molar-refractivity contribution in [2.75, 3.05) is 19.6 Å². The van der Waals surface area contributed by atoms with Gasteiger partial charge in [0.1, 0.15) is 0 Å². The second-order valence-corrected chi connectivity index (χ2v) is 6.12. The topological polar surface area (TPSA) is 93.3 Å². The van der Waals surface area contributed by atoms with Crippen molar-refractivity contribution in [3.63, 3.8) is 0 Å². The van der Waals surface area contributed by atoms with Crippen LogP contribution in [0.25, 0.3) is 10.9 Å². The van der Waals surface area contributed by atoms with Gasteiger partial charge in [-0.3, -0.25) is 14.6 Å². The Balaban J connectivity index is 1.49. The molecule has 1 fully saturated rings. The molecule has 3 N–H and O–H groups in total. The summed E-state index contributed by atoms with van der Waals surface area (Å²) in [4.78, 5) is 29.7. The Morgan fingerprint density at radius 3 is 2.83 bits per heavy atom. The Kier molecular flexibility index (Phi) is 5.10. The number of carbonyl (C=O) groups is 2. The molecule has 0 atom stereocenters. The van der Waals surface area contributed by atoms with E-state index in [-0.39, 0.29) is 24.4 Å². The summed E-state index contributed by atoms with van der Waals surface area (Å²) >= 11 is 0. The Bertz CT molecular complexity index is 719. The third-order valence-electron chi connectivity index (χ3n) is 4.54. The van der Waals surface area contributed by atoms with E-state index in [1.54, 1.807) is 6.20 Å². The van der Waals surface area contributed by atoms with Crippen LogP contribution in [0.2, 0.25) is 0 Å². The Hall–Kier alpha value is -2.41. The maximum Gasteiger partial charge on any atom is 0.233 e. The number of nitrogens with one attached hydrogen (secondary N) is 1. The van der Waals surface area contributed by atoms with Gasteiger partial charge in [0.05, 0.1) is 18.3 Å². The summed E-state index contributed by atoms with van der Waals surface area (Å²) in [5.41, 5.74) is 6.36. The molecule has 0 aromatic carbocycles. The predicted octanol–water partition coefficient (Wildman–Crippen LogP) is 0.492. The second kappa shape index (κ2) is 7.44. The first-order chi connectivity index (χ1) is 11.7. The molecule has 0 radical (unpaired) electrons. The van der Waals surface area contributed by atoms with Crippen molar-refractivity contribution in [2.45, 2.75) is 31.8 Å². The minimum Gasteiger partial charge on any atom is -0.352 e. The van der Waals surface area contributed by atoms with Crippen LogP contribution in [0.1, 0.15) is 19.3 Å². The highest BCUT2D eigenvalue weighted by Crippen LogP contribution is 2.16. The van der Waals surface area contributed by atoms with Crippen LogP contribution in [0.3, 0.4) is 0 Å². The van der Waals surface area contributed by atoms with E-state index in [0.29, 0.717) is 26.1 Å². The molecule has 2 amide bonds. The molecule has 1 aliphatic heterocycles. The number of pyridine rings is 1. The molecule has 0 spiro atoms. The normalized spacial score (nSPS) is 15.6. The van der Waals surface area contributed by atoms with E-state index >= 15 is 0 Å². The summed E-state index contributed by atoms with van der Waals surface area (Å²) < 4.78 is 2.06. The SMILES string of the molecule is NCC(=O)NC1CCN(C(=O)CCn2ccc3ccncc32)CC1. The van der Waals surface area contributed by atoms with Gasteiger partial charge in [-0.25, -0.2) is 0 Å². The maximum absolute atomic E-state index is 12.4. The zero-order chi connectivity index (χ0) is 16.9. The van der Waals surface area contributed by atoms with Crippen molar-refractivity contribution in [3.8, 4) is 0 Å². The molecular formula is C17H23N5O2. The van der Waals surface area contributed by atoms with Gasteiger partial charge >= 0.3 is 0 Å². The molecule has 0 saturated carbocycles. The lowest BCUT2D eigenvalue weighted by molar-refractivity contribution is -0.132. The number of hydrogen-bond acceptors (Lipinski definition) is 4. The monoisotopic (exact) mass is 329 g/mol. The molecule has 1 aliphatic rings. The molecule has 7 heteroatoms. The van der Waals surface area contributed by atoms with Gasteiger partial charge in [0, 0.05) is 49.9 Å². The van der Waals surface area contributed by atoms with Crippen molar-refractivity contribution in [3.05, 3.63) is 30.7 Å². The molecule has 2 aromatic heterocycles. The molecule has 2 aromatic rings. The van der Waals surface area contributed by atoms with Crippen molar-refractivity contribution in [2.24, 2.45) is 5.73 Å². The van der Waals surface area contributed by atoms with Gasteiger partial charge in [-0.1, -0.05) is 0 Å². The van der Waals surface area contributed by atoms with Crippen LogP contribution >= 0.6 is 0 Å². The third-order valence-corrected chi connectivity index (χ3v) is 4.54. The lowest BCUT2D eigenvalue weighted by Crippen LogP contribution is -2.47. The first-order valence-electron chi connectivity index (χ1n) is 8.33. The number of nitrogens with zero attached hydrogens (tertiary/aromatic N) is 3. The van der Waals surface area contributed by atoms with E-state index in [1.165, 1.54) is 0 Å². The van der Waals surface area contributed by atoms with Crippen LogP contribution in [0, 0.1) is 0 Å². The van der Waals surface area contributed by atoms with Crippen LogP contribution in [-0.4, -0.2) is 51.9 Å². The van der Waals surface area contributed by atoms with Gasteiger partial charge in [-0.05, 0) is 25.0 Å². The molecule has 1 saturated heterocycles. The number of nitrogens with two attached hydrogens (primary N) is 1. The molecular weight excluding hydrogens is 306 g/mol. The summed E-state index contributed by atoms with van der Waals surface area (Å²) in [6, 6.07) is 4.13. The zero-order valence-corrected chi connectivity index (χ0v) is 13.6. The van der Waals surface area contributed by atoms with Gasteiger partial charge in [-0.15, -0.1) is 0 Å². The molecule has 0 unspecified atom stereocenters. The van der Waals surface area contributed by atoms with Crippen molar-refractivity contribution in [1.82, 2.24) is 19.8 Å². The van der Waals surface area contributed by atoms with Gasteiger partial charge in [0.15, 0.2) is 0 Å². The number of likely N-dealkylation sites (tertiary alicyclic amines) is 1. The van der Waals surface area contributed by atoms with Crippen molar-refractivity contribution < 1.29 is 9.59 Å². The van der Waals surface area contributed by atoms with Crippen LogP contribution in [0.15, 0.2) is 30.7 Å². The molecule has 0 bridgehead atoms. The second-order valence-electron chi connectivity index (χ2n) is 6.12. The number of rotatable bonds is 5. The number of hydrogen-bond donors (Lipinski definition) is 2. The summed E-state index contributed by atoms with van der Waals surface area (Å²) in [5, 5.41) is 4.02. The minimum absolute atomic E-state index is 0.0127. The summed E-state index contributed by atoms with van der Waals surface area (Å²) in [6.45, 7) is 2.03. The fraction of sp³-hybridized carbons (Fsp3) is 0.471. The highest BCUT2D eigenvalue weighted by atomic mass is 16.2. The Morgan fingerprint density at radius 2 is 2.08 bits per heavy atom. The number of aryl methyl sites for hydroxylation is 1. The standard InChI is InChI=1S/C17H23N5O2/c18-11-16(23)20-14-3-8-22(9-4-14)17(24)5-10-21-7-2-13-1-6-19-12-15(13)21/h1-2,6-7,12,14H,3-5,8-11,18H2,(H,20,23). The average molecular weight is 329 g/mol. The minimum atomic E-state index is -0.132. The molecule has 3 heterocycles. The van der Waals surface area contributed by atoms with E-state index in [1.807, 2.05) is 29.4 Å².